The second kappa shape index (κ2) is 10.1. The van der Waals surface area contributed by atoms with Crippen molar-refractivity contribution in [3.8, 4) is 0 Å². The topological polar surface area (TPSA) is 96.4 Å². The van der Waals surface area contributed by atoms with E-state index < -0.39 is 11.2 Å². The van der Waals surface area contributed by atoms with Crippen LogP contribution >= 0.6 is 0 Å². The summed E-state index contributed by atoms with van der Waals surface area (Å²) >= 11 is 0. The molecule has 0 aromatic rings. The molecule has 2 aliphatic rings. The highest BCUT2D eigenvalue weighted by atomic mass is 16.6. The number of aliphatic hydroxyl groups is 1. The van der Waals surface area contributed by atoms with Gasteiger partial charge in [-0.2, -0.15) is 0 Å². The van der Waals surface area contributed by atoms with Crippen LogP contribution in [0, 0.1) is 0 Å². The van der Waals surface area contributed by atoms with Crippen molar-refractivity contribution < 1.29 is 29.0 Å². The Morgan fingerprint density at radius 2 is 1.18 bits per heavy atom. The molecular weight excluding hydrogens is 364 g/mol. The summed E-state index contributed by atoms with van der Waals surface area (Å²) in [5, 5.41) is 9.26. The average Bonchev–Trinajstić information content (AvgIpc) is 2.53. The molecule has 8 heteroatoms. The summed E-state index contributed by atoms with van der Waals surface area (Å²) in [6.45, 7) is 13.2. The van der Waals surface area contributed by atoms with E-state index in [-0.39, 0.29) is 24.1 Å². The Hall–Kier alpha value is -1.83. The standard InChI is InChI=1S/C10H19NO3.C10H17NO3/c2*1-10(2,3)14-9(13)11-6-4-8(12)5-7-11/h8,12H,4-7H2,1-3H3;4-7H2,1-3H3. The lowest BCUT2D eigenvalue weighted by atomic mass is 10.1. The van der Waals surface area contributed by atoms with Gasteiger partial charge in [0.2, 0.25) is 0 Å². The van der Waals surface area contributed by atoms with Gasteiger partial charge in [0.05, 0.1) is 6.10 Å². The predicted octanol–water partition coefficient (Wildman–Crippen LogP) is 2.96. The first-order valence-corrected chi connectivity index (χ1v) is 9.92. The summed E-state index contributed by atoms with van der Waals surface area (Å²) in [6.07, 6.45) is 1.37. The van der Waals surface area contributed by atoms with Gasteiger partial charge in [0.15, 0.2) is 0 Å². The molecule has 2 aliphatic heterocycles. The monoisotopic (exact) mass is 400 g/mol. The molecule has 0 aromatic heterocycles. The molecule has 2 amide bonds. The van der Waals surface area contributed by atoms with Gasteiger partial charge in [-0.15, -0.1) is 0 Å². The van der Waals surface area contributed by atoms with E-state index in [9.17, 15) is 19.5 Å². The van der Waals surface area contributed by atoms with E-state index in [1.54, 1.807) is 9.80 Å². The fourth-order valence-corrected chi connectivity index (χ4v) is 2.64. The van der Waals surface area contributed by atoms with E-state index in [2.05, 4.69) is 0 Å². The molecule has 162 valence electrons. The Balaban J connectivity index is 0.000000280. The smallest absolute Gasteiger partial charge is 0.410 e. The van der Waals surface area contributed by atoms with Crippen molar-refractivity contribution in [1.82, 2.24) is 9.80 Å². The Bertz CT molecular complexity index is 532. The summed E-state index contributed by atoms with van der Waals surface area (Å²) in [4.78, 5) is 37.2. The summed E-state index contributed by atoms with van der Waals surface area (Å²) in [6, 6.07) is 0. The van der Waals surface area contributed by atoms with E-state index >= 15 is 0 Å². The van der Waals surface area contributed by atoms with Crippen LogP contribution in [0.3, 0.4) is 0 Å². The SMILES string of the molecule is CC(C)(C)OC(=O)N1CCC(=O)CC1.CC(C)(C)OC(=O)N1CCC(O)CC1. The number of piperidine rings is 2. The molecule has 0 bridgehead atoms. The van der Waals surface area contributed by atoms with Gasteiger partial charge in [-0.1, -0.05) is 0 Å². The van der Waals surface area contributed by atoms with E-state index in [0.29, 0.717) is 51.9 Å². The van der Waals surface area contributed by atoms with Crippen molar-refractivity contribution >= 4 is 18.0 Å². The molecule has 0 atom stereocenters. The quantitative estimate of drug-likeness (QED) is 0.671. The van der Waals surface area contributed by atoms with Gasteiger partial charge in [-0.25, -0.2) is 9.59 Å². The fourth-order valence-electron chi connectivity index (χ4n) is 2.64. The van der Waals surface area contributed by atoms with E-state index in [4.69, 9.17) is 9.47 Å². The minimum Gasteiger partial charge on any atom is -0.444 e. The second-order valence-electron chi connectivity index (χ2n) is 9.20. The summed E-state index contributed by atoms with van der Waals surface area (Å²) in [5.74, 6) is 0.227. The van der Waals surface area contributed by atoms with Crippen molar-refractivity contribution in [2.75, 3.05) is 26.2 Å². The van der Waals surface area contributed by atoms with Gasteiger partial charge in [0, 0.05) is 39.0 Å². The van der Waals surface area contributed by atoms with Crippen LogP contribution in [-0.2, 0) is 14.3 Å². The number of hydrogen-bond donors (Lipinski definition) is 1. The molecule has 1 N–H and O–H groups in total. The number of carbonyl (C=O) groups is 3. The Morgan fingerprint density at radius 3 is 1.54 bits per heavy atom. The predicted molar refractivity (Wildman–Crippen MR) is 105 cm³/mol. The number of Topliss-reactive ketones (excluding diaryl/α,β-unsaturated/α-hetero) is 1. The Kier molecular flexibility index (Phi) is 8.73. The largest absolute Gasteiger partial charge is 0.444 e. The third-order valence-corrected chi connectivity index (χ3v) is 4.09. The molecule has 0 aromatic carbocycles. The maximum Gasteiger partial charge on any atom is 0.410 e. The highest BCUT2D eigenvalue weighted by Crippen LogP contribution is 2.15. The summed E-state index contributed by atoms with van der Waals surface area (Å²) in [5.41, 5.74) is -0.897. The number of nitrogens with zero attached hydrogens (tertiary/aromatic N) is 2. The first kappa shape index (κ1) is 24.2. The molecule has 2 heterocycles. The van der Waals surface area contributed by atoms with E-state index in [1.165, 1.54) is 0 Å². The lowest BCUT2D eigenvalue weighted by molar-refractivity contribution is -0.121. The van der Waals surface area contributed by atoms with Crippen LogP contribution in [0.4, 0.5) is 9.59 Å². The Labute approximate surface area is 168 Å². The lowest BCUT2D eigenvalue weighted by Crippen LogP contribution is -2.42. The van der Waals surface area contributed by atoms with Gasteiger partial charge in [-0.3, -0.25) is 4.79 Å². The molecule has 8 nitrogen and oxygen atoms in total. The number of ether oxygens (including phenoxy) is 2. The lowest BCUT2D eigenvalue weighted by Gasteiger charge is -2.31. The highest BCUT2D eigenvalue weighted by molar-refractivity contribution is 5.81. The summed E-state index contributed by atoms with van der Waals surface area (Å²) < 4.78 is 10.4. The zero-order valence-electron chi connectivity index (χ0n) is 18.1. The van der Waals surface area contributed by atoms with E-state index in [1.807, 2.05) is 41.5 Å². The molecule has 2 saturated heterocycles. The van der Waals surface area contributed by atoms with Crippen molar-refractivity contribution in [1.29, 1.82) is 0 Å². The average molecular weight is 401 g/mol. The van der Waals surface area contributed by atoms with Crippen molar-refractivity contribution in [2.24, 2.45) is 0 Å². The maximum absolute atomic E-state index is 11.5. The normalized spacial score (nSPS) is 18.9. The number of aliphatic hydroxyl groups excluding tert-OH is 1. The molecule has 2 fully saturated rings. The molecule has 2 rings (SSSR count). The van der Waals surface area contributed by atoms with Crippen LogP contribution in [0.1, 0.15) is 67.2 Å². The van der Waals surface area contributed by atoms with Gasteiger partial charge in [-0.05, 0) is 54.4 Å². The van der Waals surface area contributed by atoms with Crippen LogP contribution in [0.25, 0.3) is 0 Å². The third-order valence-electron chi connectivity index (χ3n) is 4.09. The number of amides is 2. The molecule has 0 aliphatic carbocycles. The zero-order chi connectivity index (χ0) is 21.5. The number of ketones is 1. The second-order valence-corrected chi connectivity index (χ2v) is 9.20. The summed E-state index contributed by atoms with van der Waals surface area (Å²) in [7, 11) is 0. The molecule has 0 radical (unpaired) electrons. The third kappa shape index (κ3) is 9.92. The minimum atomic E-state index is -0.460. The van der Waals surface area contributed by atoms with Crippen LogP contribution in [-0.4, -0.2) is 76.4 Å². The highest BCUT2D eigenvalue weighted by Gasteiger charge is 2.26. The van der Waals surface area contributed by atoms with Gasteiger partial charge in [0.1, 0.15) is 17.0 Å². The molecule has 0 saturated carbocycles. The van der Waals surface area contributed by atoms with Crippen molar-refractivity contribution in [2.45, 2.75) is 84.5 Å². The number of carbonyl (C=O) groups excluding carboxylic acids is 3. The molecule has 0 unspecified atom stereocenters. The van der Waals surface area contributed by atoms with E-state index in [0.717, 1.165) is 0 Å². The first-order valence-electron chi connectivity index (χ1n) is 9.92. The number of hydrogen-bond acceptors (Lipinski definition) is 6. The Morgan fingerprint density at radius 1 is 0.821 bits per heavy atom. The van der Waals surface area contributed by atoms with Gasteiger partial charge < -0.3 is 24.4 Å². The molecular formula is C20H36N2O6. The molecule has 28 heavy (non-hydrogen) atoms. The number of likely N-dealkylation sites (tertiary alicyclic amines) is 2. The van der Waals surface area contributed by atoms with Gasteiger partial charge in [0.25, 0.3) is 0 Å². The van der Waals surface area contributed by atoms with Crippen LogP contribution in [0.2, 0.25) is 0 Å². The first-order chi connectivity index (χ1) is 12.8. The van der Waals surface area contributed by atoms with Crippen molar-refractivity contribution in [3.05, 3.63) is 0 Å². The van der Waals surface area contributed by atoms with Crippen LogP contribution < -0.4 is 0 Å². The number of rotatable bonds is 0. The minimum absolute atomic E-state index is 0.227. The van der Waals surface area contributed by atoms with Gasteiger partial charge >= 0.3 is 12.2 Å². The maximum atomic E-state index is 11.5. The van der Waals surface area contributed by atoms with Crippen LogP contribution in [0.5, 0.6) is 0 Å². The zero-order valence-corrected chi connectivity index (χ0v) is 18.1. The van der Waals surface area contributed by atoms with Crippen molar-refractivity contribution in [3.63, 3.8) is 0 Å². The van der Waals surface area contributed by atoms with Crippen LogP contribution in [0.15, 0.2) is 0 Å². The molecule has 0 spiro atoms. The fraction of sp³-hybridized carbons (Fsp3) is 0.850.